The Morgan fingerprint density at radius 1 is 1.26 bits per heavy atom. The lowest BCUT2D eigenvalue weighted by Gasteiger charge is -2.20. The van der Waals surface area contributed by atoms with Gasteiger partial charge in [-0.15, -0.1) is 0 Å². The lowest BCUT2D eigenvalue weighted by Crippen LogP contribution is -2.32. The normalized spacial score (nSPS) is 12.6. The van der Waals surface area contributed by atoms with E-state index in [1.165, 1.54) is 25.7 Å². The predicted molar refractivity (Wildman–Crippen MR) is 96.7 cm³/mol. The molecular formula is C19H32N2O2. The van der Waals surface area contributed by atoms with Crippen LogP contribution in [0.4, 0.5) is 10.5 Å². The van der Waals surface area contributed by atoms with Crippen LogP contribution in [0.25, 0.3) is 0 Å². The summed E-state index contributed by atoms with van der Waals surface area (Å²) in [5.74, 6) is 0. The van der Waals surface area contributed by atoms with Crippen LogP contribution >= 0.6 is 0 Å². The van der Waals surface area contributed by atoms with Crippen molar-refractivity contribution in [1.29, 1.82) is 0 Å². The van der Waals surface area contributed by atoms with Gasteiger partial charge in [0.2, 0.25) is 0 Å². The summed E-state index contributed by atoms with van der Waals surface area (Å²) in [6, 6.07) is 8.61. The number of hydrogen-bond acceptors (Lipinski definition) is 3. The number of carbonyl (C=O) groups excluding carboxylic acids is 1. The molecule has 0 radical (unpaired) electrons. The van der Waals surface area contributed by atoms with Crippen molar-refractivity contribution in [3.05, 3.63) is 29.8 Å². The van der Waals surface area contributed by atoms with Crippen LogP contribution in [0.3, 0.4) is 0 Å². The monoisotopic (exact) mass is 320 g/mol. The molecule has 0 saturated carbocycles. The summed E-state index contributed by atoms with van der Waals surface area (Å²) in [5.41, 5.74) is 1.68. The van der Waals surface area contributed by atoms with E-state index in [0.29, 0.717) is 12.6 Å². The topological polar surface area (TPSA) is 50.4 Å². The third-order valence-electron chi connectivity index (χ3n) is 3.42. The molecule has 0 heterocycles. The Morgan fingerprint density at radius 2 is 2.00 bits per heavy atom. The molecule has 0 fully saturated rings. The molecule has 0 aliphatic rings. The molecule has 1 amide bonds. The molecule has 0 aliphatic carbocycles. The maximum Gasteiger partial charge on any atom is 0.407 e. The molecule has 2 N–H and O–H groups in total. The van der Waals surface area contributed by atoms with E-state index >= 15 is 0 Å². The number of rotatable bonds is 8. The first-order valence-corrected chi connectivity index (χ1v) is 8.62. The highest BCUT2D eigenvalue weighted by atomic mass is 16.6. The summed E-state index contributed by atoms with van der Waals surface area (Å²) < 4.78 is 5.24. The summed E-state index contributed by atoms with van der Waals surface area (Å²) in [6.07, 6.45) is 4.58. The van der Waals surface area contributed by atoms with Crippen molar-refractivity contribution in [2.24, 2.45) is 0 Å². The van der Waals surface area contributed by atoms with Crippen LogP contribution in [0, 0.1) is 0 Å². The van der Waals surface area contributed by atoms with Gasteiger partial charge in [0.05, 0.1) is 0 Å². The Kier molecular flexibility index (Phi) is 7.93. The van der Waals surface area contributed by atoms with Gasteiger partial charge in [-0.25, -0.2) is 4.79 Å². The summed E-state index contributed by atoms with van der Waals surface area (Å²) in [4.78, 5) is 11.7. The van der Waals surface area contributed by atoms with Gasteiger partial charge in [-0.1, -0.05) is 38.3 Å². The minimum Gasteiger partial charge on any atom is -0.444 e. The first kappa shape index (κ1) is 19.3. The van der Waals surface area contributed by atoms with Gasteiger partial charge in [0, 0.05) is 18.3 Å². The van der Waals surface area contributed by atoms with Gasteiger partial charge < -0.3 is 15.4 Å². The number of anilines is 1. The number of carbonyl (C=O) groups is 1. The minimum absolute atomic E-state index is 0.385. The lowest BCUT2D eigenvalue weighted by molar-refractivity contribution is 0.0523. The molecule has 0 aliphatic heterocycles. The second-order valence-electron chi connectivity index (χ2n) is 7.10. The first-order chi connectivity index (χ1) is 10.8. The number of ether oxygens (including phenoxy) is 1. The van der Waals surface area contributed by atoms with Gasteiger partial charge >= 0.3 is 6.09 Å². The molecule has 4 heteroatoms. The Hall–Kier alpha value is -1.71. The number of amides is 1. The van der Waals surface area contributed by atoms with E-state index in [9.17, 15) is 4.79 Å². The fourth-order valence-corrected chi connectivity index (χ4v) is 2.32. The van der Waals surface area contributed by atoms with Gasteiger partial charge in [0.25, 0.3) is 0 Å². The highest BCUT2D eigenvalue weighted by Crippen LogP contribution is 2.14. The van der Waals surface area contributed by atoms with E-state index in [1.54, 1.807) is 0 Å². The third-order valence-corrected chi connectivity index (χ3v) is 3.42. The summed E-state index contributed by atoms with van der Waals surface area (Å²) in [7, 11) is 0. The number of benzene rings is 1. The molecular weight excluding hydrogens is 288 g/mol. The molecule has 1 atom stereocenters. The van der Waals surface area contributed by atoms with Crippen LogP contribution in [0.1, 0.15) is 65.9 Å². The number of nitrogens with one attached hydrogen (secondary N) is 2. The molecule has 23 heavy (non-hydrogen) atoms. The van der Waals surface area contributed by atoms with Gasteiger partial charge in [-0.05, 0) is 51.8 Å². The smallest absolute Gasteiger partial charge is 0.407 e. The molecule has 0 spiro atoms. The molecule has 1 rings (SSSR count). The molecule has 0 bridgehead atoms. The van der Waals surface area contributed by atoms with E-state index in [4.69, 9.17) is 4.74 Å². The number of unbranched alkanes of at least 4 members (excludes halogenated alkanes) is 2. The molecule has 1 aromatic rings. The molecule has 1 aromatic carbocycles. The van der Waals surface area contributed by atoms with Crippen molar-refractivity contribution < 1.29 is 9.53 Å². The van der Waals surface area contributed by atoms with Crippen molar-refractivity contribution >= 4 is 11.8 Å². The Bertz CT molecular complexity index is 481. The van der Waals surface area contributed by atoms with Gasteiger partial charge in [0.1, 0.15) is 5.60 Å². The van der Waals surface area contributed by atoms with Crippen molar-refractivity contribution in [3.63, 3.8) is 0 Å². The number of hydrogen-bond donors (Lipinski definition) is 2. The SMILES string of the molecule is CCCCCC(C)Nc1cccc(CNC(=O)OC(C)(C)C)c1. The zero-order chi connectivity index (χ0) is 17.3. The Balaban J connectivity index is 2.45. The average Bonchev–Trinajstić information content (AvgIpc) is 2.44. The molecule has 1 unspecified atom stereocenters. The van der Waals surface area contributed by atoms with Crippen LogP contribution in [-0.4, -0.2) is 17.7 Å². The quantitative estimate of drug-likeness (QED) is 0.656. The first-order valence-electron chi connectivity index (χ1n) is 8.62. The highest BCUT2D eigenvalue weighted by molar-refractivity contribution is 5.67. The fourth-order valence-electron chi connectivity index (χ4n) is 2.32. The van der Waals surface area contributed by atoms with E-state index < -0.39 is 5.60 Å². The van der Waals surface area contributed by atoms with Gasteiger partial charge in [-0.3, -0.25) is 0 Å². The second kappa shape index (κ2) is 9.43. The standard InChI is InChI=1S/C19H32N2O2/c1-6-7-8-10-15(2)21-17-12-9-11-16(13-17)14-20-18(22)23-19(3,4)5/h9,11-13,15,21H,6-8,10,14H2,1-5H3,(H,20,22). The van der Waals surface area contributed by atoms with Crippen LogP contribution in [0.5, 0.6) is 0 Å². The van der Waals surface area contributed by atoms with E-state index in [-0.39, 0.29) is 6.09 Å². The van der Waals surface area contributed by atoms with Crippen molar-refractivity contribution in [2.75, 3.05) is 5.32 Å². The van der Waals surface area contributed by atoms with Crippen LogP contribution in [0.15, 0.2) is 24.3 Å². The summed E-state index contributed by atoms with van der Waals surface area (Å²) in [5, 5.41) is 6.31. The second-order valence-corrected chi connectivity index (χ2v) is 7.10. The molecule has 4 nitrogen and oxygen atoms in total. The Labute approximate surface area is 141 Å². The van der Waals surface area contributed by atoms with Gasteiger partial charge in [0.15, 0.2) is 0 Å². The zero-order valence-corrected chi connectivity index (χ0v) is 15.2. The predicted octanol–water partition coefficient (Wildman–Crippen LogP) is 5.09. The minimum atomic E-state index is -0.471. The van der Waals surface area contributed by atoms with Crippen LogP contribution in [-0.2, 0) is 11.3 Å². The highest BCUT2D eigenvalue weighted by Gasteiger charge is 2.15. The fraction of sp³-hybridized carbons (Fsp3) is 0.632. The third kappa shape index (κ3) is 9.11. The van der Waals surface area contributed by atoms with Gasteiger partial charge in [-0.2, -0.15) is 0 Å². The van der Waals surface area contributed by atoms with E-state index in [2.05, 4.69) is 36.6 Å². The number of alkyl carbamates (subject to hydrolysis) is 1. The molecule has 0 saturated heterocycles. The summed E-state index contributed by atoms with van der Waals surface area (Å²) >= 11 is 0. The molecule has 0 aromatic heterocycles. The summed E-state index contributed by atoms with van der Waals surface area (Å²) in [6.45, 7) is 10.5. The van der Waals surface area contributed by atoms with Crippen LogP contribution < -0.4 is 10.6 Å². The van der Waals surface area contributed by atoms with Crippen LogP contribution in [0.2, 0.25) is 0 Å². The maximum absolute atomic E-state index is 11.7. The largest absolute Gasteiger partial charge is 0.444 e. The van der Waals surface area contributed by atoms with Crippen molar-refractivity contribution in [2.45, 2.75) is 78.5 Å². The van der Waals surface area contributed by atoms with E-state index in [0.717, 1.165) is 11.3 Å². The zero-order valence-electron chi connectivity index (χ0n) is 15.2. The maximum atomic E-state index is 11.7. The average molecular weight is 320 g/mol. The Morgan fingerprint density at radius 3 is 2.65 bits per heavy atom. The van der Waals surface area contributed by atoms with Crippen molar-refractivity contribution in [3.8, 4) is 0 Å². The molecule has 130 valence electrons. The lowest BCUT2D eigenvalue weighted by atomic mass is 10.1. The van der Waals surface area contributed by atoms with E-state index in [1.807, 2.05) is 32.9 Å². The van der Waals surface area contributed by atoms with Crippen molar-refractivity contribution in [1.82, 2.24) is 5.32 Å².